The number of nitrogens with zero attached hydrogens (tertiary/aromatic N) is 1. The number of sulfonamides is 1. The third-order valence-electron chi connectivity index (χ3n) is 2.56. The zero-order valence-corrected chi connectivity index (χ0v) is 12.2. The minimum atomic E-state index is -3.89. The summed E-state index contributed by atoms with van der Waals surface area (Å²) >= 11 is 0. The summed E-state index contributed by atoms with van der Waals surface area (Å²) in [6.07, 6.45) is 0. The molecule has 0 aliphatic carbocycles. The standard InChI is InChI=1S/C12H14N4O4S/c1-7-11(12(13)15-20-7)21(18,19)16-10-5-3-9(4-6-10)14-8(2)17/h3-6,16H,1-2H3,(H2,13,15)(H,14,17). The van der Waals surface area contributed by atoms with Crippen LogP contribution in [0.25, 0.3) is 0 Å². The van der Waals surface area contributed by atoms with Crippen molar-refractivity contribution < 1.29 is 17.7 Å². The number of carbonyl (C=O) groups is 1. The number of hydrogen-bond donors (Lipinski definition) is 3. The molecule has 8 nitrogen and oxygen atoms in total. The molecule has 0 radical (unpaired) electrons. The Kier molecular flexibility index (Phi) is 3.85. The van der Waals surface area contributed by atoms with Gasteiger partial charge in [-0.05, 0) is 31.2 Å². The maximum absolute atomic E-state index is 12.2. The van der Waals surface area contributed by atoms with Gasteiger partial charge in [0.05, 0.1) is 0 Å². The summed E-state index contributed by atoms with van der Waals surface area (Å²) in [6.45, 7) is 2.84. The highest BCUT2D eigenvalue weighted by atomic mass is 32.2. The number of benzene rings is 1. The van der Waals surface area contributed by atoms with Gasteiger partial charge in [-0.3, -0.25) is 9.52 Å². The van der Waals surface area contributed by atoms with E-state index in [-0.39, 0.29) is 22.4 Å². The second-order valence-corrected chi connectivity index (χ2v) is 5.94. The number of nitrogens with one attached hydrogen (secondary N) is 2. The summed E-state index contributed by atoms with van der Waals surface area (Å²) in [5.41, 5.74) is 6.37. The first-order valence-corrected chi connectivity index (χ1v) is 7.40. The molecule has 0 aliphatic rings. The van der Waals surface area contributed by atoms with Crippen molar-refractivity contribution in [3.8, 4) is 0 Å². The minimum Gasteiger partial charge on any atom is -0.380 e. The van der Waals surface area contributed by atoms with Crippen LogP contribution in [0.2, 0.25) is 0 Å². The second-order valence-electron chi connectivity index (χ2n) is 4.32. The maximum Gasteiger partial charge on any atom is 0.269 e. The molecular weight excluding hydrogens is 296 g/mol. The van der Waals surface area contributed by atoms with Gasteiger partial charge in [0, 0.05) is 18.3 Å². The van der Waals surface area contributed by atoms with Gasteiger partial charge < -0.3 is 15.6 Å². The van der Waals surface area contributed by atoms with Crippen molar-refractivity contribution in [1.29, 1.82) is 0 Å². The van der Waals surface area contributed by atoms with Gasteiger partial charge in [0.25, 0.3) is 10.0 Å². The lowest BCUT2D eigenvalue weighted by Gasteiger charge is -2.08. The Bertz CT molecular complexity index is 746. The molecule has 0 bridgehead atoms. The van der Waals surface area contributed by atoms with E-state index in [2.05, 4.69) is 15.2 Å². The zero-order chi connectivity index (χ0) is 15.6. The van der Waals surface area contributed by atoms with Crippen molar-refractivity contribution in [3.05, 3.63) is 30.0 Å². The van der Waals surface area contributed by atoms with E-state index in [1.165, 1.54) is 26.0 Å². The lowest BCUT2D eigenvalue weighted by Crippen LogP contribution is -2.15. The Morgan fingerprint density at radius 1 is 1.24 bits per heavy atom. The number of nitrogen functional groups attached to an aromatic ring is 1. The van der Waals surface area contributed by atoms with Gasteiger partial charge in [0.2, 0.25) is 5.91 Å². The first kappa shape index (κ1) is 14.9. The predicted octanol–water partition coefficient (Wildman–Crippen LogP) is 1.32. The van der Waals surface area contributed by atoms with Crippen LogP contribution in [-0.2, 0) is 14.8 Å². The van der Waals surface area contributed by atoms with E-state index in [4.69, 9.17) is 10.3 Å². The third kappa shape index (κ3) is 3.31. The SMILES string of the molecule is CC(=O)Nc1ccc(NS(=O)(=O)c2c(N)noc2C)cc1. The molecule has 1 heterocycles. The van der Waals surface area contributed by atoms with Gasteiger partial charge in [-0.2, -0.15) is 0 Å². The zero-order valence-electron chi connectivity index (χ0n) is 11.4. The van der Waals surface area contributed by atoms with Gasteiger partial charge in [0.15, 0.2) is 16.5 Å². The van der Waals surface area contributed by atoms with E-state index in [0.717, 1.165) is 0 Å². The van der Waals surface area contributed by atoms with Crippen LogP contribution in [0.1, 0.15) is 12.7 Å². The average molecular weight is 310 g/mol. The van der Waals surface area contributed by atoms with Crippen molar-refractivity contribution in [2.45, 2.75) is 18.7 Å². The number of aromatic nitrogens is 1. The molecule has 0 aliphatic heterocycles. The number of carbonyl (C=O) groups excluding carboxylic acids is 1. The fourth-order valence-corrected chi connectivity index (χ4v) is 3.02. The quantitative estimate of drug-likeness (QED) is 0.781. The largest absolute Gasteiger partial charge is 0.380 e. The molecular formula is C12H14N4O4S. The van der Waals surface area contributed by atoms with E-state index in [1.54, 1.807) is 12.1 Å². The van der Waals surface area contributed by atoms with Gasteiger partial charge in [-0.25, -0.2) is 8.42 Å². The topological polar surface area (TPSA) is 127 Å². The van der Waals surface area contributed by atoms with Crippen molar-refractivity contribution in [2.24, 2.45) is 0 Å². The predicted molar refractivity (Wildman–Crippen MR) is 77.2 cm³/mol. The van der Waals surface area contributed by atoms with Crippen molar-refractivity contribution >= 4 is 33.1 Å². The van der Waals surface area contributed by atoms with Crippen molar-refractivity contribution in [1.82, 2.24) is 5.16 Å². The molecule has 0 spiro atoms. The van der Waals surface area contributed by atoms with E-state index >= 15 is 0 Å². The number of anilines is 3. The lowest BCUT2D eigenvalue weighted by molar-refractivity contribution is -0.114. The molecule has 1 aromatic carbocycles. The monoisotopic (exact) mass is 310 g/mol. The van der Waals surface area contributed by atoms with Gasteiger partial charge >= 0.3 is 0 Å². The molecule has 0 saturated carbocycles. The van der Waals surface area contributed by atoms with Crippen LogP contribution in [0.15, 0.2) is 33.7 Å². The average Bonchev–Trinajstić information content (AvgIpc) is 2.71. The molecule has 4 N–H and O–H groups in total. The Morgan fingerprint density at radius 3 is 2.29 bits per heavy atom. The molecule has 0 atom stereocenters. The Morgan fingerprint density at radius 2 is 1.81 bits per heavy atom. The Hall–Kier alpha value is -2.55. The summed E-state index contributed by atoms with van der Waals surface area (Å²) < 4.78 is 31.5. The second kappa shape index (κ2) is 5.44. The highest BCUT2D eigenvalue weighted by molar-refractivity contribution is 7.93. The van der Waals surface area contributed by atoms with Crippen LogP contribution >= 0.6 is 0 Å². The first-order chi connectivity index (χ1) is 9.79. The first-order valence-electron chi connectivity index (χ1n) is 5.92. The van der Waals surface area contributed by atoms with Crippen LogP contribution in [0, 0.1) is 6.92 Å². The Balaban J connectivity index is 2.23. The van der Waals surface area contributed by atoms with Crippen molar-refractivity contribution in [2.75, 3.05) is 15.8 Å². The summed E-state index contributed by atoms with van der Waals surface area (Å²) in [7, 11) is -3.89. The number of rotatable bonds is 4. The number of amides is 1. The summed E-state index contributed by atoms with van der Waals surface area (Å²) in [5, 5.41) is 5.99. The van der Waals surface area contributed by atoms with Gasteiger partial charge in [-0.15, -0.1) is 0 Å². The molecule has 0 unspecified atom stereocenters. The molecule has 0 fully saturated rings. The molecule has 2 rings (SSSR count). The fourth-order valence-electron chi connectivity index (χ4n) is 1.74. The van der Waals surface area contributed by atoms with Crippen LogP contribution in [0.4, 0.5) is 17.2 Å². The number of hydrogen-bond acceptors (Lipinski definition) is 6. The molecule has 1 amide bonds. The van der Waals surface area contributed by atoms with E-state index < -0.39 is 10.0 Å². The van der Waals surface area contributed by atoms with Crippen LogP contribution in [0.5, 0.6) is 0 Å². The van der Waals surface area contributed by atoms with Crippen LogP contribution in [0.3, 0.4) is 0 Å². The molecule has 1 aromatic heterocycles. The minimum absolute atomic E-state index is 0.106. The lowest BCUT2D eigenvalue weighted by atomic mass is 10.3. The maximum atomic E-state index is 12.2. The Labute approximate surface area is 121 Å². The van der Waals surface area contributed by atoms with E-state index in [9.17, 15) is 13.2 Å². The molecule has 21 heavy (non-hydrogen) atoms. The van der Waals surface area contributed by atoms with Crippen molar-refractivity contribution in [3.63, 3.8) is 0 Å². The van der Waals surface area contributed by atoms with Gasteiger partial charge in [-0.1, -0.05) is 5.16 Å². The smallest absolute Gasteiger partial charge is 0.269 e. The van der Waals surface area contributed by atoms with Crippen LogP contribution < -0.4 is 15.8 Å². The normalized spacial score (nSPS) is 11.1. The molecule has 112 valence electrons. The highest BCUT2D eigenvalue weighted by Crippen LogP contribution is 2.24. The number of aryl methyl sites for hydroxylation is 1. The summed E-state index contributed by atoms with van der Waals surface area (Å²) in [4.78, 5) is 10.7. The molecule has 0 saturated heterocycles. The highest BCUT2D eigenvalue weighted by Gasteiger charge is 2.25. The molecule has 2 aromatic rings. The van der Waals surface area contributed by atoms with E-state index in [0.29, 0.717) is 11.4 Å². The summed E-state index contributed by atoms with van der Waals surface area (Å²) in [6, 6.07) is 6.18. The number of nitrogens with two attached hydrogens (primary N) is 1. The van der Waals surface area contributed by atoms with E-state index in [1.807, 2.05) is 0 Å². The van der Waals surface area contributed by atoms with Crippen LogP contribution in [-0.4, -0.2) is 19.5 Å². The van der Waals surface area contributed by atoms with Gasteiger partial charge in [0.1, 0.15) is 0 Å². The fraction of sp³-hybridized carbons (Fsp3) is 0.167. The molecule has 9 heteroatoms. The third-order valence-corrected chi connectivity index (χ3v) is 4.10. The summed E-state index contributed by atoms with van der Waals surface area (Å²) in [5.74, 6) is -0.305.